The Balaban J connectivity index is 1.90. The highest BCUT2D eigenvalue weighted by Crippen LogP contribution is 2.39. The van der Waals surface area contributed by atoms with Gasteiger partial charge in [-0.25, -0.2) is 9.59 Å². The van der Waals surface area contributed by atoms with Crippen LogP contribution in [0.1, 0.15) is 33.1 Å². The summed E-state index contributed by atoms with van der Waals surface area (Å²) in [4.78, 5) is 22.8. The number of carboxylic acid groups (broad SMARTS) is 1. The molecule has 0 heterocycles. The number of rotatable bonds is 4. The van der Waals surface area contributed by atoms with Crippen molar-refractivity contribution >= 4 is 12.0 Å². The van der Waals surface area contributed by atoms with E-state index in [0.717, 1.165) is 19.3 Å². The minimum Gasteiger partial charge on any atom is -0.480 e. The summed E-state index contributed by atoms with van der Waals surface area (Å²) in [7, 11) is 0. The fourth-order valence-electron chi connectivity index (χ4n) is 1.95. The van der Waals surface area contributed by atoms with E-state index in [4.69, 9.17) is 5.11 Å². The molecule has 0 spiro atoms. The second kappa shape index (κ2) is 3.64. The van der Waals surface area contributed by atoms with Crippen LogP contribution in [0.25, 0.3) is 0 Å². The molecule has 2 aliphatic carbocycles. The van der Waals surface area contributed by atoms with Gasteiger partial charge in [0.1, 0.15) is 5.54 Å². The summed E-state index contributed by atoms with van der Waals surface area (Å²) in [6.07, 6.45) is 2.74. The van der Waals surface area contributed by atoms with Crippen molar-refractivity contribution in [1.29, 1.82) is 0 Å². The maximum absolute atomic E-state index is 11.6. The van der Waals surface area contributed by atoms with E-state index in [0.29, 0.717) is 5.92 Å². The predicted molar refractivity (Wildman–Crippen MR) is 58.0 cm³/mol. The summed E-state index contributed by atoms with van der Waals surface area (Å²) in [6, 6.07) is -0.136. The van der Waals surface area contributed by atoms with E-state index < -0.39 is 11.5 Å². The Bertz CT molecular complexity index is 327. The third-order valence-electron chi connectivity index (χ3n) is 3.64. The normalized spacial score (nSPS) is 31.4. The molecule has 0 aromatic carbocycles. The lowest BCUT2D eigenvalue weighted by atomic mass is 9.96. The highest BCUT2D eigenvalue weighted by molar-refractivity contribution is 5.86. The molecule has 3 atom stereocenters. The number of hydrogen-bond donors (Lipinski definition) is 3. The summed E-state index contributed by atoms with van der Waals surface area (Å²) in [5, 5.41) is 14.5. The van der Waals surface area contributed by atoms with Crippen molar-refractivity contribution in [3.05, 3.63) is 0 Å². The van der Waals surface area contributed by atoms with Gasteiger partial charge in [0.25, 0.3) is 0 Å². The van der Waals surface area contributed by atoms with E-state index in [-0.39, 0.29) is 18.0 Å². The minimum absolute atomic E-state index is 0.0763. The van der Waals surface area contributed by atoms with Crippen LogP contribution < -0.4 is 10.6 Å². The Labute approximate surface area is 94.6 Å². The molecule has 0 aromatic heterocycles. The highest BCUT2D eigenvalue weighted by Gasteiger charge is 2.49. The zero-order chi connectivity index (χ0) is 11.9. The topological polar surface area (TPSA) is 78.4 Å². The largest absolute Gasteiger partial charge is 0.480 e. The molecule has 2 rings (SSSR count). The first kappa shape index (κ1) is 11.2. The monoisotopic (exact) mass is 226 g/mol. The molecule has 2 aliphatic rings. The van der Waals surface area contributed by atoms with Crippen molar-refractivity contribution in [2.75, 3.05) is 0 Å². The standard InChI is InChI=1S/C11H18N2O3/c1-6-5-8(6)12-10(16)13-11(2,9(14)15)7-3-4-7/h6-8H,3-5H2,1-2H3,(H,14,15)(H2,12,13,16). The van der Waals surface area contributed by atoms with E-state index in [9.17, 15) is 9.59 Å². The Morgan fingerprint density at radius 3 is 2.31 bits per heavy atom. The van der Waals surface area contributed by atoms with Crippen LogP contribution in [-0.2, 0) is 4.79 Å². The molecule has 2 saturated carbocycles. The number of nitrogens with one attached hydrogen (secondary N) is 2. The van der Waals surface area contributed by atoms with E-state index in [1.165, 1.54) is 0 Å². The van der Waals surface area contributed by atoms with Gasteiger partial charge in [0.2, 0.25) is 0 Å². The van der Waals surface area contributed by atoms with Crippen LogP contribution in [0.3, 0.4) is 0 Å². The zero-order valence-electron chi connectivity index (χ0n) is 9.62. The Kier molecular flexibility index (Phi) is 2.56. The van der Waals surface area contributed by atoms with Crippen LogP contribution in [0.4, 0.5) is 4.79 Å². The Morgan fingerprint density at radius 2 is 1.94 bits per heavy atom. The van der Waals surface area contributed by atoms with Gasteiger partial charge in [0.05, 0.1) is 0 Å². The van der Waals surface area contributed by atoms with Crippen LogP contribution in [0, 0.1) is 11.8 Å². The predicted octanol–water partition coefficient (Wildman–Crippen LogP) is 0.947. The lowest BCUT2D eigenvalue weighted by molar-refractivity contribution is -0.144. The third-order valence-corrected chi connectivity index (χ3v) is 3.64. The van der Waals surface area contributed by atoms with Crippen molar-refractivity contribution < 1.29 is 14.7 Å². The van der Waals surface area contributed by atoms with Crippen LogP contribution >= 0.6 is 0 Å². The van der Waals surface area contributed by atoms with Gasteiger partial charge >= 0.3 is 12.0 Å². The number of carbonyl (C=O) groups is 2. The molecule has 5 nitrogen and oxygen atoms in total. The number of amides is 2. The maximum atomic E-state index is 11.6. The molecule has 16 heavy (non-hydrogen) atoms. The number of carboxylic acids is 1. The van der Waals surface area contributed by atoms with Crippen LogP contribution in [0.15, 0.2) is 0 Å². The fourth-order valence-corrected chi connectivity index (χ4v) is 1.95. The van der Waals surface area contributed by atoms with Crippen molar-refractivity contribution in [3.63, 3.8) is 0 Å². The van der Waals surface area contributed by atoms with Crippen molar-refractivity contribution in [2.24, 2.45) is 11.8 Å². The molecule has 0 radical (unpaired) electrons. The first-order valence-corrected chi connectivity index (χ1v) is 5.75. The summed E-state index contributed by atoms with van der Waals surface area (Å²) >= 11 is 0. The van der Waals surface area contributed by atoms with Gasteiger partial charge in [-0.05, 0) is 38.0 Å². The average Bonchev–Trinajstić information content (AvgIpc) is 3.02. The van der Waals surface area contributed by atoms with Gasteiger partial charge in [-0.1, -0.05) is 6.92 Å². The lowest BCUT2D eigenvalue weighted by Crippen LogP contribution is -2.57. The number of carbonyl (C=O) groups excluding carboxylic acids is 1. The van der Waals surface area contributed by atoms with Gasteiger partial charge in [-0.15, -0.1) is 0 Å². The van der Waals surface area contributed by atoms with Gasteiger partial charge < -0.3 is 15.7 Å². The van der Waals surface area contributed by atoms with Crippen LogP contribution in [0.2, 0.25) is 0 Å². The van der Waals surface area contributed by atoms with E-state index in [2.05, 4.69) is 17.6 Å². The van der Waals surface area contributed by atoms with Crippen molar-refractivity contribution in [2.45, 2.75) is 44.7 Å². The van der Waals surface area contributed by atoms with E-state index in [1.807, 2.05) is 0 Å². The fraction of sp³-hybridized carbons (Fsp3) is 0.818. The highest BCUT2D eigenvalue weighted by atomic mass is 16.4. The lowest BCUT2D eigenvalue weighted by Gasteiger charge is -2.26. The number of urea groups is 1. The number of hydrogen-bond acceptors (Lipinski definition) is 2. The summed E-state index contributed by atoms with van der Waals surface area (Å²) < 4.78 is 0. The molecular weight excluding hydrogens is 208 g/mol. The second-order valence-corrected chi connectivity index (χ2v) is 5.20. The number of aliphatic carboxylic acids is 1. The summed E-state index contributed by atoms with van der Waals surface area (Å²) in [5.74, 6) is -0.357. The molecule has 2 amide bonds. The summed E-state index contributed by atoms with van der Waals surface area (Å²) in [6.45, 7) is 3.64. The van der Waals surface area contributed by atoms with Gasteiger partial charge in [0, 0.05) is 6.04 Å². The smallest absolute Gasteiger partial charge is 0.329 e. The van der Waals surface area contributed by atoms with Gasteiger partial charge in [-0.2, -0.15) is 0 Å². The van der Waals surface area contributed by atoms with E-state index >= 15 is 0 Å². The molecule has 3 N–H and O–H groups in total. The van der Waals surface area contributed by atoms with Crippen LogP contribution in [0.5, 0.6) is 0 Å². The third kappa shape index (κ3) is 2.13. The minimum atomic E-state index is -1.11. The van der Waals surface area contributed by atoms with Crippen molar-refractivity contribution in [1.82, 2.24) is 10.6 Å². The molecule has 5 heteroatoms. The summed E-state index contributed by atoms with van der Waals surface area (Å²) in [5.41, 5.74) is -1.11. The SMILES string of the molecule is CC1CC1NC(=O)NC(C)(C(=O)O)C1CC1. The Morgan fingerprint density at radius 1 is 1.38 bits per heavy atom. The second-order valence-electron chi connectivity index (χ2n) is 5.20. The van der Waals surface area contributed by atoms with Crippen molar-refractivity contribution in [3.8, 4) is 0 Å². The molecule has 2 fully saturated rings. The zero-order valence-corrected chi connectivity index (χ0v) is 9.62. The Hall–Kier alpha value is -1.26. The van der Waals surface area contributed by atoms with E-state index in [1.54, 1.807) is 6.92 Å². The van der Waals surface area contributed by atoms with Gasteiger partial charge in [-0.3, -0.25) is 0 Å². The molecule has 0 aromatic rings. The molecule has 0 saturated heterocycles. The first-order chi connectivity index (χ1) is 7.43. The average molecular weight is 226 g/mol. The molecule has 0 aliphatic heterocycles. The molecular formula is C11H18N2O3. The molecule has 90 valence electrons. The quantitative estimate of drug-likeness (QED) is 0.667. The first-order valence-electron chi connectivity index (χ1n) is 5.75. The molecule has 0 bridgehead atoms. The molecule has 3 unspecified atom stereocenters. The maximum Gasteiger partial charge on any atom is 0.329 e. The van der Waals surface area contributed by atoms with Crippen LogP contribution in [-0.4, -0.2) is 28.7 Å². The van der Waals surface area contributed by atoms with Gasteiger partial charge in [0.15, 0.2) is 0 Å².